The van der Waals surface area contributed by atoms with Crippen molar-refractivity contribution in [2.24, 2.45) is 0 Å². The Morgan fingerprint density at radius 3 is 2.64 bits per heavy atom. The summed E-state index contributed by atoms with van der Waals surface area (Å²) in [6.07, 6.45) is 2.00. The van der Waals surface area contributed by atoms with Crippen molar-refractivity contribution >= 4 is 16.8 Å². The number of fused-ring (bicyclic) bond motifs is 3. The average Bonchev–Trinajstić information content (AvgIpc) is 2.56. The van der Waals surface area contributed by atoms with E-state index in [0.29, 0.717) is 0 Å². The first-order valence-electron chi connectivity index (χ1n) is 4.23. The quantitative estimate of drug-likeness (QED) is 0.391. The Morgan fingerprint density at radius 2 is 1.71 bits per heavy atom. The van der Waals surface area contributed by atoms with Gasteiger partial charge in [-0.3, -0.25) is 0 Å². The normalized spacial score (nSPS) is 10.3. The summed E-state index contributed by atoms with van der Waals surface area (Å²) in [6.45, 7) is 0. The molecule has 0 N–H and O–H groups in total. The van der Waals surface area contributed by atoms with Gasteiger partial charge in [-0.2, -0.15) is 0 Å². The first-order valence-corrected chi connectivity index (χ1v) is 4.23. The number of aromatic nitrogens is 1. The third-order valence-corrected chi connectivity index (χ3v) is 2.16. The second-order valence-corrected chi connectivity index (χ2v) is 2.98. The number of oxazole rings is 1. The number of rotatable bonds is 0. The van der Waals surface area contributed by atoms with Gasteiger partial charge in [0.15, 0.2) is 6.20 Å². The number of hydrogen-bond acceptors (Lipinski definition) is 1. The highest BCUT2D eigenvalue weighted by molar-refractivity contribution is 5.70. The molecule has 0 unspecified atom stereocenters. The fraction of sp³-hybridized carbons (Fsp3) is 0. The highest BCUT2D eigenvalue weighted by Crippen LogP contribution is 2.12. The molecule has 0 radical (unpaired) electrons. The minimum Gasteiger partial charge on any atom is -1.00 e. The van der Waals surface area contributed by atoms with Gasteiger partial charge in [-0.25, -0.2) is 0 Å². The standard InChI is InChI=1S/C11H8NO.HI/c1-2-6-10-9(5-1)12-8-4-3-7-11(12)13-10;/h1-8H;1H/q+1;/p-1. The molecule has 70 valence electrons. The molecular formula is C11H8INO. The molecule has 3 heteroatoms. The van der Waals surface area contributed by atoms with Crippen molar-refractivity contribution in [2.75, 3.05) is 0 Å². The van der Waals surface area contributed by atoms with Crippen LogP contribution >= 0.6 is 0 Å². The van der Waals surface area contributed by atoms with Crippen LogP contribution in [0.5, 0.6) is 0 Å². The number of benzene rings is 1. The molecule has 2 nitrogen and oxygen atoms in total. The van der Waals surface area contributed by atoms with E-state index in [1.54, 1.807) is 0 Å². The van der Waals surface area contributed by atoms with E-state index in [9.17, 15) is 0 Å². The average molecular weight is 297 g/mol. The zero-order valence-electron chi connectivity index (χ0n) is 7.35. The number of para-hydroxylation sites is 2. The molecule has 0 aliphatic carbocycles. The zero-order valence-corrected chi connectivity index (χ0v) is 9.51. The molecule has 0 bridgehead atoms. The summed E-state index contributed by atoms with van der Waals surface area (Å²) in [6, 6.07) is 13.9. The van der Waals surface area contributed by atoms with E-state index in [0.717, 1.165) is 16.8 Å². The largest absolute Gasteiger partial charge is 1.00 e. The van der Waals surface area contributed by atoms with E-state index in [4.69, 9.17) is 4.42 Å². The Morgan fingerprint density at radius 1 is 0.929 bits per heavy atom. The topological polar surface area (TPSA) is 17.2 Å². The molecule has 2 heterocycles. The van der Waals surface area contributed by atoms with Crippen LogP contribution in [0.1, 0.15) is 0 Å². The summed E-state index contributed by atoms with van der Waals surface area (Å²) in [7, 11) is 0. The van der Waals surface area contributed by atoms with Gasteiger partial charge in [0.1, 0.15) is 0 Å². The molecule has 0 saturated carbocycles. The van der Waals surface area contributed by atoms with Crippen molar-refractivity contribution in [3.05, 3.63) is 48.7 Å². The molecule has 0 atom stereocenters. The van der Waals surface area contributed by atoms with Crippen molar-refractivity contribution < 1.29 is 32.8 Å². The van der Waals surface area contributed by atoms with Crippen molar-refractivity contribution in [3.8, 4) is 0 Å². The number of hydrogen-bond donors (Lipinski definition) is 0. The van der Waals surface area contributed by atoms with Crippen LogP contribution in [0.15, 0.2) is 53.1 Å². The lowest BCUT2D eigenvalue weighted by atomic mass is 10.3. The van der Waals surface area contributed by atoms with Crippen molar-refractivity contribution in [2.45, 2.75) is 0 Å². The van der Waals surface area contributed by atoms with Gasteiger partial charge in [0, 0.05) is 12.1 Å². The first-order chi connectivity index (χ1) is 6.45. The summed E-state index contributed by atoms with van der Waals surface area (Å²) in [4.78, 5) is 0. The maximum Gasteiger partial charge on any atom is 0.379 e. The fourth-order valence-corrected chi connectivity index (χ4v) is 1.56. The fourth-order valence-electron chi connectivity index (χ4n) is 1.56. The predicted molar refractivity (Wildman–Crippen MR) is 49.4 cm³/mol. The Balaban J connectivity index is 0.000000750. The van der Waals surface area contributed by atoms with Crippen LogP contribution < -0.4 is 28.4 Å². The van der Waals surface area contributed by atoms with E-state index in [1.807, 2.05) is 53.1 Å². The highest BCUT2D eigenvalue weighted by Gasteiger charge is 2.12. The number of nitrogens with zero attached hydrogens (tertiary/aromatic N) is 1. The second-order valence-electron chi connectivity index (χ2n) is 2.98. The van der Waals surface area contributed by atoms with Gasteiger partial charge in [-0.15, -0.1) is 4.40 Å². The lowest BCUT2D eigenvalue weighted by Gasteiger charge is -1.78. The maximum absolute atomic E-state index is 5.62. The molecular weight excluding hydrogens is 289 g/mol. The Hall–Kier alpha value is -1.10. The van der Waals surface area contributed by atoms with Crippen LogP contribution in [0.2, 0.25) is 0 Å². The third kappa shape index (κ3) is 1.28. The molecule has 14 heavy (non-hydrogen) atoms. The van der Waals surface area contributed by atoms with Gasteiger partial charge in [-0.1, -0.05) is 12.1 Å². The van der Waals surface area contributed by atoms with Crippen LogP contribution in [0, 0.1) is 0 Å². The summed E-state index contributed by atoms with van der Waals surface area (Å²) < 4.78 is 7.65. The van der Waals surface area contributed by atoms with Gasteiger partial charge in [0.2, 0.25) is 5.58 Å². The van der Waals surface area contributed by atoms with Gasteiger partial charge < -0.3 is 28.4 Å². The van der Waals surface area contributed by atoms with Gasteiger partial charge >= 0.3 is 5.71 Å². The summed E-state index contributed by atoms with van der Waals surface area (Å²) in [5.74, 6) is 0. The van der Waals surface area contributed by atoms with Crippen molar-refractivity contribution in [1.29, 1.82) is 0 Å². The molecule has 0 spiro atoms. The highest BCUT2D eigenvalue weighted by atomic mass is 127. The van der Waals surface area contributed by atoms with Gasteiger partial charge in [0.05, 0.1) is 6.07 Å². The first kappa shape index (κ1) is 9.45. The zero-order chi connectivity index (χ0) is 8.67. The van der Waals surface area contributed by atoms with Crippen LogP contribution in [0.3, 0.4) is 0 Å². The Kier molecular flexibility index (Phi) is 2.41. The van der Waals surface area contributed by atoms with Crippen LogP contribution in [0.4, 0.5) is 0 Å². The predicted octanol–water partition coefficient (Wildman–Crippen LogP) is -0.824. The minimum absolute atomic E-state index is 0. The number of pyridine rings is 1. The second kappa shape index (κ2) is 3.57. The molecule has 0 saturated heterocycles. The van der Waals surface area contributed by atoms with E-state index < -0.39 is 0 Å². The minimum atomic E-state index is 0. The van der Waals surface area contributed by atoms with Crippen LogP contribution in [-0.2, 0) is 0 Å². The summed E-state index contributed by atoms with van der Waals surface area (Å²) in [5, 5.41) is 0. The third-order valence-electron chi connectivity index (χ3n) is 2.16. The smallest absolute Gasteiger partial charge is 0.379 e. The lowest BCUT2D eigenvalue weighted by Crippen LogP contribution is -3.00. The SMILES string of the molecule is [I-].c1ccc2c(c1)oc1cccc[n+]12. The monoisotopic (exact) mass is 297 g/mol. The van der Waals surface area contributed by atoms with Crippen molar-refractivity contribution in [1.82, 2.24) is 0 Å². The van der Waals surface area contributed by atoms with E-state index in [2.05, 4.69) is 0 Å². The molecule has 0 aliphatic rings. The molecule has 3 rings (SSSR count). The number of halogens is 1. The van der Waals surface area contributed by atoms with Crippen LogP contribution in [0.25, 0.3) is 16.8 Å². The molecule has 3 aromatic rings. The molecule has 0 aliphatic heterocycles. The summed E-state index contributed by atoms with van der Waals surface area (Å²) in [5.41, 5.74) is 2.91. The Bertz CT molecular complexity index is 523. The maximum atomic E-state index is 5.62. The molecule has 2 aromatic heterocycles. The van der Waals surface area contributed by atoms with Crippen molar-refractivity contribution in [3.63, 3.8) is 0 Å². The van der Waals surface area contributed by atoms with E-state index in [1.165, 1.54) is 0 Å². The lowest BCUT2D eigenvalue weighted by molar-refractivity contribution is -0.485. The van der Waals surface area contributed by atoms with Crippen LogP contribution in [-0.4, -0.2) is 0 Å². The van der Waals surface area contributed by atoms with Gasteiger partial charge in [-0.05, 0) is 12.1 Å². The van der Waals surface area contributed by atoms with Gasteiger partial charge in [0.25, 0.3) is 5.52 Å². The molecule has 0 fully saturated rings. The molecule has 1 aromatic carbocycles. The Labute approximate surface area is 98.2 Å². The summed E-state index contributed by atoms with van der Waals surface area (Å²) >= 11 is 0. The van der Waals surface area contributed by atoms with E-state index >= 15 is 0 Å². The molecule has 0 amide bonds. The van der Waals surface area contributed by atoms with E-state index in [-0.39, 0.29) is 24.0 Å².